The van der Waals surface area contributed by atoms with Gasteiger partial charge in [0, 0.05) is 11.5 Å². The zero-order valence-corrected chi connectivity index (χ0v) is 24.9. The molecule has 0 radical (unpaired) electrons. The molecule has 4 rings (SSSR count). The molecule has 39 heavy (non-hydrogen) atoms. The first-order chi connectivity index (χ1) is 18.4. The molecule has 0 bridgehead atoms. The van der Waals surface area contributed by atoms with Gasteiger partial charge >= 0.3 is 0 Å². The van der Waals surface area contributed by atoms with E-state index in [1.165, 1.54) is 29.6 Å². The molecule has 210 valence electrons. The summed E-state index contributed by atoms with van der Waals surface area (Å²) in [4.78, 5) is 0. The van der Waals surface area contributed by atoms with E-state index >= 15 is 0 Å². The van der Waals surface area contributed by atoms with Gasteiger partial charge in [-0.15, -0.1) is 0 Å². The van der Waals surface area contributed by atoms with E-state index in [1.54, 1.807) is 19.2 Å². The van der Waals surface area contributed by atoms with Crippen molar-refractivity contribution in [3.63, 3.8) is 0 Å². The van der Waals surface area contributed by atoms with Gasteiger partial charge in [-0.3, -0.25) is 0 Å². The van der Waals surface area contributed by atoms with Crippen molar-refractivity contribution in [2.75, 3.05) is 7.11 Å². The lowest BCUT2D eigenvalue weighted by Gasteiger charge is -2.53. The second kappa shape index (κ2) is 11.5. The van der Waals surface area contributed by atoms with Crippen molar-refractivity contribution < 1.29 is 19.7 Å². The topological polar surface area (TPSA) is 58.9 Å². The molecular formula is C35H46O4. The van der Waals surface area contributed by atoms with Crippen LogP contribution in [0.3, 0.4) is 0 Å². The fraction of sp³-hybridized carbons (Fsp3) is 0.486. The average Bonchev–Trinajstić information content (AvgIpc) is 2.85. The number of aromatic hydroxyl groups is 2. The second-order valence-corrected chi connectivity index (χ2v) is 12.7. The quantitative estimate of drug-likeness (QED) is 0.264. The summed E-state index contributed by atoms with van der Waals surface area (Å²) in [5.41, 5.74) is 6.10. The molecule has 0 unspecified atom stereocenters. The first kappa shape index (κ1) is 28.9. The van der Waals surface area contributed by atoms with Gasteiger partial charge < -0.3 is 19.7 Å². The largest absolute Gasteiger partial charge is 0.507 e. The molecule has 0 aromatic heterocycles. The number of benzene rings is 2. The minimum atomic E-state index is -0.171. The Kier molecular flexibility index (Phi) is 8.54. The summed E-state index contributed by atoms with van der Waals surface area (Å²) in [6, 6.07) is 7.62. The van der Waals surface area contributed by atoms with Gasteiger partial charge in [0.25, 0.3) is 0 Å². The van der Waals surface area contributed by atoms with Crippen molar-refractivity contribution in [1.82, 2.24) is 0 Å². The van der Waals surface area contributed by atoms with Crippen molar-refractivity contribution in [2.24, 2.45) is 11.3 Å². The molecule has 0 saturated heterocycles. The minimum Gasteiger partial charge on any atom is -0.507 e. The van der Waals surface area contributed by atoms with Gasteiger partial charge in [-0.1, -0.05) is 49.3 Å². The molecular weight excluding hydrogens is 484 g/mol. The number of phenolic OH excluding ortho intramolecular Hbond substituents is 2. The smallest absolute Gasteiger partial charge is 0.165 e. The molecule has 1 saturated carbocycles. The van der Waals surface area contributed by atoms with E-state index in [0.717, 1.165) is 48.3 Å². The standard InChI is InChI=1S/C35H46O4/c1-23(2)10-8-11-24(3)12-15-28-29(36)19-26(20-30(28)37)14-13-25-18-27-22-32-34(4,5)16-9-17-35(32,6)39-33(27)31(21-25)38-7/h10,12-14,18-21,32,36-37H,8-9,11,15-17,22H2,1-7H3/b14-13+,24-12+/t32-,35-/m1/s1. The monoisotopic (exact) mass is 530 g/mol. The molecule has 1 aliphatic heterocycles. The molecule has 4 nitrogen and oxygen atoms in total. The highest BCUT2D eigenvalue weighted by molar-refractivity contribution is 5.73. The van der Waals surface area contributed by atoms with Gasteiger partial charge in [-0.25, -0.2) is 0 Å². The number of rotatable bonds is 8. The molecule has 4 heteroatoms. The van der Waals surface area contributed by atoms with Crippen LogP contribution in [0.4, 0.5) is 0 Å². The van der Waals surface area contributed by atoms with Crippen LogP contribution in [0.25, 0.3) is 12.2 Å². The molecule has 1 aliphatic carbocycles. The van der Waals surface area contributed by atoms with Gasteiger partial charge in [0.1, 0.15) is 17.1 Å². The predicted molar refractivity (Wildman–Crippen MR) is 162 cm³/mol. The Bertz CT molecular complexity index is 1270. The second-order valence-electron chi connectivity index (χ2n) is 12.7. The van der Waals surface area contributed by atoms with E-state index in [-0.39, 0.29) is 22.5 Å². The SMILES string of the molecule is COc1cc(/C=C/c2cc(O)c(C/C=C(\C)CCC=C(C)C)c(O)c2)cc2c1O[C@]1(C)CCCC(C)(C)[C@H]1C2. The summed E-state index contributed by atoms with van der Waals surface area (Å²) in [6.45, 7) is 13.3. The van der Waals surface area contributed by atoms with Gasteiger partial charge in [0.2, 0.25) is 0 Å². The molecule has 1 heterocycles. The van der Waals surface area contributed by atoms with Gasteiger partial charge in [-0.05, 0) is 119 Å². The number of fused-ring (bicyclic) bond motifs is 2. The van der Waals surface area contributed by atoms with Crippen LogP contribution in [0.1, 0.15) is 95.9 Å². The van der Waals surface area contributed by atoms with Crippen LogP contribution >= 0.6 is 0 Å². The lowest BCUT2D eigenvalue weighted by Crippen LogP contribution is -2.54. The molecule has 0 amide bonds. The van der Waals surface area contributed by atoms with Crippen LogP contribution in [0.5, 0.6) is 23.0 Å². The number of methoxy groups -OCH3 is 1. The lowest BCUT2D eigenvalue weighted by atomic mass is 9.59. The first-order valence-corrected chi connectivity index (χ1v) is 14.3. The minimum absolute atomic E-state index is 0.109. The summed E-state index contributed by atoms with van der Waals surface area (Å²) in [5.74, 6) is 2.29. The highest BCUT2D eigenvalue weighted by Gasteiger charge is 2.51. The summed E-state index contributed by atoms with van der Waals surface area (Å²) in [5, 5.41) is 21.4. The summed E-state index contributed by atoms with van der Waals surface area (Å²) in [7, 11) is 1.69. The Morgan fingerprint density at radius 3 is 2.28 bits per heavy atom. The molecule has 2 aromatic carbocycles. The van der Waals surface area contributed by atoms with E-state index in [4.69, 9.17) is 9.47 Å². The fourth-order valence-electron chi connectivity index (χ4n) is 6.46. The number of ether oxygens (including phenoxy) is 2. The summed E-state index contributed by atoms with van der Waals surface area (Å²) >= 11 is 0. The van der Waals surface area contributed by atoms with Crippen LogP contribution in [0.15, 0.2) is 47.6 Å². The molecule has 2 aromatic rings. The highest BCUT2D eigenvalue weighted by atomic mass is 16.5. The zero-order chi connectivity index (χ0) is 28.4. The van der Waals surface area contributed by atoms with Crippen molar-refractivity contribution in [2.45, 2.75) is 92.1 Å². The third-order valence-electron chi connectivity index (χ3n) is 8.75. The van der Waals surface area contributed by atoms with E-state index in [0.29, 0.717) is 17.9 Å². The Hall–Kier alpha value is -3.14. The Morgan fingerprint density at radius 1 is 0.974 bits per heavy atom. The number of allylic oxidation sites excluding steroid dienone is 4. The third kappa shape index (κ3) is 6.54. The Morgan fingerprint density at radius 2 is 1.64 bits per heavy atom. The maximum atomic E-state index is 10.7. The third-order valence-corrected chi connectivity index (χ3v) is 8.75. The van der Waals surface area contributed by atoms with E-state index < -0.39 is 0 Å². The van der Waals surface area contributed by atoms with Crippen LogP contribution in [-0.2, 0) is 12.8 Å². The van der Waals surface area contributed by atoms with E-state index in [2.05, 4.69) is 59.8 Å². The van der Waals surface area contributed by atoms with Gasteiger partial charge in [0.05, 0.1) is 7.11 Å². The number of hydrogen-bond donors (Lipinski definition) is 2. The summed E-state index contributed by atoms with van der Waals surface area (Å²) < 4.78 is 12.5. The van der Waals surface area contributed by atoms with Crippen molar-refractivity contribution in [3.05, 3.63) is 69.8 Å². The predicted octanol–water partition coefficient (Wildman–Crippen LogP) is 9.03. The number of hydrogen-bond acceptors (Lipinski definition) is 4. The lowest BCUT2D eigenvalue weighted by molar-refractivity contribution is -0.0827. The first-order valence-electron chi connectivity index (χ1n) is 14.3. The molecule has 2 atom stereocenters. The van der Waals surface area contributed by atoms with Crippen LogP contribution < -0.4 is 9.47 Å². The van der Waals surface area contributed by atoms with Crippen LogP contribution in [0.2, 0.25) is 0 Å². The highest BCUT2D eigenvalue weighted by Crippen LogP contribution is 2.54. The van der Waals surface area contributed by atoms with E-state index in [9.17, 15) is 10.2 Å². The fourth-order valence-corrected chi connectivity index (χ4v) is 6.46. The van der Waals surface area contributed by atoms with Crippen LogP contribution in [-0.4, -0.2) is 22.9 Å². The Balaban J connectivity index is 1.54. The maximum absolute atomic E-state index is 10.7. The maximum Gasteiger partial charge on any atom is 0.165 e. The van der Waals surface area contributed by atoms with Crippen molar-refractivity contribution >= 4 is 12.2 Å². The van der Waals surface area contributed by atoms with E-state index in [1.807, 2.05) is 18.2 Å². The van der Waals surface area contributed by atoms with Crippen molar-refractivity contribution in [1.29, 1.82) is 0 Å². The molecule has 0 spiro atoms. The molecule has 1 fully saturated rings. The zero-order valence-electron chi connectivity index (χ0n) is 24.9. The normalized spacial score (nSPS) is 22.1. The Labute approximate surface area is 235 Å². The summed E-state index contributed by atoms with van der Waals surface area (Å²) in [6.07, 6.45) is 15.2. The van der Waals surface area contributed by atoms with Gasteiger partial charge in [-0.2, -0.15) is 0 Å². The average molecular weight is 531 g/mol. The number of phenols is 2. The van der Waals surface area contributed by atoms with Crippen LogP contribution in [0, 0.1) is 11.3 Å². The molecule has 2 N–H and O–H groups in total. The molecule has 2 aliphatic rings. The van der Waals surface area contributed by atoms with Crippen molar-refractivity contribution in [3.8, 4) is 23.0 Å². The van der Waals surface area contributed by atoms with Gasteiger partial charge in [0.15, 0.2) is 11.5 Å².